The molecule has 2 N–H and O–H groups in total. The van der Waals surface area contributed by atoms with Crippen molar-refractivity contribution in [3.8, 4) is 23.0 Å². The van der Waals surface area contributed by atoms with Crippen molar-refractivity contribution in [1.29, 1.82) is 0 Å². The number of benzene rings is 8. The van der Waals surface area contributed by atoms with E-state index in [2.05, 4.69) is 34.9 Å². The number of carbonyl (C=O) groups is 8. The summed E-state index contributed by atoms with van der Waals surface area (Å²) in [5, 5.41) is 17.2. The van der Waals surface area contributed by atoms with Gasteiger partial charge in [0.25, 0.3) is 0 Å². The number of piperidine rings is 2. The maximum Gasteiger partial charge on any atom is 0.234 e. The highest BCUT2D eigenvalue weighted by Gasteiger charge is 2.36. The molecular weight excluding hydrogens is 1570 g/mol. The Kier molecular flexibility index (Phi) is 27.7. The van der Waals surface area contributed by atoms with E-state index >= 15 is 0 Å². The number of carbonyl (C=O) groups excluding carboxylic acids is 8. The zero-order chi connectivity index (χ0) is 84.8. The predicted octanol–water partition coefficient (Wildman–Crippen LogP) is 22.8. The summed E-state index contributed by atoms with van der Waals surface area (Å²) < 4.78 is 58.1. The van der Waals surface area contributed by atoms with Gasteiger partial charge in [-0.3, -0.25) is 49.0 Å². The molecule has 4 aromatic heterocycles. The summed E-state index contributed by atoms with van der Waals surface area (Å²) in [6.07, 6.45) is 38.4. The van der Waals surface area contributed by atoms with Crippen LogP contribution in [0.15, 0.2) is 164 Å². The molecule has 4 aliphatic carbocycles. The second-order valence-electron chi connectivity index (χ2n) is 35.7. The Morgan fingerprint density at radius 3 is 0.871 bits per heavy atom. The van der Waals surface area contributed by atoms with E-state index in [4.69, 9.17) is 46.1 Å². The topological polar surface area (TPSA) is 269 Å². The summed E-state index contributed by atoms with van der Waals surface area (Å²) in [5.41, 5.74) is 6.58. The van der Waals surface area contributed by atoms with Crippen LogP contribution in [0.25, 0.3) is 87.0 Å². The third-order valence-corrected chi connectivity index (χ3v) is 27.4. The van der Waals surface area contributed by atoms with Crippen LogP contribution < -0.4 is 29.6 Å². The van der Waals surface area contributed by atoms with Crippen LogP contribution in [0.3, 0.4) is 0 Å². The minimum Gasteiger partial charge on any atom is -0.494 e. The molecular formula is C104H114N2O18. The summed E-state index contributed by atoms with van der Waals surface area (Å²) in [6, 6.07) is 40.4. The lowest BCUT2D eigenvalue weighted by atomic mass is 9.81. The van der Waals surface area contributed by atoms with Gasteiger partial charge in [0.2, 0.25) is 23.6 Å². The van der Waals surface area contributed by atoms with Gasteiger partial charge in [0.15, 0.2) is 0 Å². The summed E-state index contributed by atoms with van der Waals surface area (Å²) in [6.45, 7) is 6.48. The van der Waals surface area contributed by atoms with Crippen LogP contribution in [0.2, 0.25) is 0 Å². The van der Waals surface area contributed by atoms with E-state index in [-0.39, 0.29) is 83.3 Å². The second kappa shape index (κ2) is 40.3. The number of fused-ring (bicyclic) bond motifs is 12. The molecule has 648 valence electrons. The fourth-order valence-electron chi connectivity index (χ4n) is 20.5. The van der Waals surface area contributed by atoms with Crippen LogP contribution in [0, 0.1) is 23.7 Å². The molecule has 0 bridgehead atoms. The summed E-state index contributed by atoms with van der Waals surface area (Å²) in [7, 11) is 0. The Labute approximate surface area is 722 Å². The first kappa shape index (κ1) is 85.2. The largest absolute Gasteiger partial charge is 0.494 e. The molecule has 20 heteroatoms. The normalized spacial score (nSPS) is 20.5. The van der Waals surface area contributed by atoms with E-state index in [1.807, 2.05) is 97.1 Å². The third-order valence-electron chi connectivity index (χ3n) is 27.4. The number of ether oxygens (including phenoxy) is 6. The molecule has 8 fully saturated rings. The average molecular weight is 1680 g/mol. The molecule has 12 aromatic rings. The number of imide groups is 2. The molecule has 4 amide bonds. The van der Waals surface area contributed by atoms with Crippen molar-refractivity contribution in [2.24, 2.45) is 23.7 Å². The highest BCUT2D eigenvalue weighted by atomic mass is 16.5. The van der Waals surface area contributed by atoms with Crippen molar-refractivity contribution < 1.29 is 84.4 Å². The smallest absolute Gasteiger partial charge is 0.234 e. The van der Waals surface area contributed by atoms with Crippen LogP contribution in [0.1, 0.15) is 251 Å². The Balaban J connectivity index is 0.000000117. The van der Waals surface area contributed by atoms with Crippen molar-refractivity contribution >= 4 is 134 Å². The Hall–Kier alpha value is -11.0. The lowest BCUT2D eigenvalue weighted by molar-refractivity contribution is -0.135. The number of hydrogen-bond donors (Lipinski definition) is 2. The predicted molar refractivity (Wildman–Crippen MR) is 477 cm³/mol. The zero-order valence-corrected chi connectivity index (χ0v) is 71.1. The molecule has 20 rings (SSSR count). The summed E-state index contributed by atoms with van der Waals surface area (Å²) >= 11 is 0. The van der Waals surface area contributed by atoms with E-state index in [0.29, 0.717) is 64.6 Å². The van der Waals surface area contributed by atoms with Gasteiger partial charge in [-0.2, -0.15) is 0 Å². The van der Waals surface area contributed by atoms with Gasteiger partial charge in [0.05, 0.1) is 76.2 Å². The summed E-state index contributed by atoms with van der Waals surface area (Å²) in [5.74, 6) is 4.72. The van der Waals surface area contributed by atoms with Crippen molar-refractivity contribution in [1.82, 2.24) is 10.6 Å². The molecule has 4 saturated carbocycles. The summed E-state index contributed by atoms with van der Waals surface area (Å²) in [4.78, 5) is 96.2. The second-order valence-corrected chi connectivity index (χ2v) is 35.7. The minimum absolute atomic E-state index is 0.00822. The molecule has 0 radical (unpaired) electrons. The molecule has 8 aromatic carbocycles. The van der Waals surface area contributed by atoms with Crippen molar-refractivity contribution in [3.05, 3.63) is 169 Å². The molecule has 20 nitrogen and oxygen atoms in total. The number of furan rings is 4. The molecule has 0 unspecified atom stereocenters. The number of ketones is 4. The van der Waals surface area contributed by atoms with Crippen molar-refractivity contribution in [3.63, 3.8) is 0 Å². The minimum atomic E-state index is -0.370. The van der Waals surface area contributed by atoms with Crippen LogP contribution in [0.4, 0.5) is 0 Å². The molecule has 8 aliphatic rings. The van der Waals surface area contributed by atoms with Gasteiger partial charge in [-0.25, -0.2) is 0 Å². The molecule has 4 aliphatic heterocycles. The number of hydrogen-bond acceptors (Lipinski definition) is 18. The lowest BCUT2D eigenvalue weighted by Crippen LogP contribution is -2.39. The van der Waals surface area contributed by atoms with E-state index in [1.165, 1.54) is 89.9 Å². The third kappa shape index (κ3) is 20.4. The van der Waals surface area contributed by atoms with E-state index in [1.54, 1.807) is 25.1 Å². The fourth-order valence-corrected chi connectivity index (χ4v) is 20.5. The van der Waals surface area contributed by atoms with Gasteiger partial charge < -0.3 is 46.1 Å². The van der Waals surface area contributed by atoms with E-state index < -0.39 is 0 Å². The highest BCUT2D eigenvalue weighted by Crippen LogP contribution is 2.45. The quantitative estimate of drug-likeness (QED) is 0.0323. The number of Topliss-reactive ketones (excluding diaryl/α,β-unsaturated/α-hetero) is 4. The number of rotatable bonds is 24. The van der Waals surface area contributed by atoms with Gasteiger partial charge in [-0.1, -0.05) is 88.5 Å². The van der Waals surface area contributed by atoms with Gasteiger partial charge in [0.1, 0.15) is 68.5 Å². The molecule has 4 saturated heterocycles. The molecule has 0 spiro atoms. The van der Waals surface area contributed by atoms with Crippen LogP contribution in [-0.4, -0.2) is 99.6 Å². The van der Waals surface area contributed by atoms with Crippen molar-refractivity contribution in [2.75, 3.05) is 52.9 Å². The standard InChI is InChI=1S/2C27H30O4.2C25H27NO5/c2*28-20-9-11-23(25(29)16-20)24-17-31-26-13-8-19-15-21(10-12-22(19)27(24)26)30-14-4-7-18-5-2-1-3-6-18;2*27-23-8-6-20(25(28)26-23)21-15-31-22-7-3-17-14-18(4-5-19(17)24(21)22)30-11-1-2-16-9-12-29-13-10-16/h2*8,10,12-13,15,17-18,23H,1-7,9,11,14,16H2;2*3-5,7,14-16,20H,1-2,6,8-13H2,(H,26,27,28)/t2*23-;2*20-/m1010/s1. The molecule has 124 heavy (non-hydrogen) atoms. The lowest BCUT2D eigenvalue weighted by Gasteiger charge is -2.21. The molecule has 8 heterocycles. The maximum atomic E-state index is 12.5. The SMILES string of the molecule is O=C1CC[C@@H](c2coc3ccc4cc(OCCCC5CCCCC5)ccc4c23)C(=O)C1.O=C1CC[C@@H](c2coc3ccc4cc(OCCCC5CCOCC5)ccc4c23)C(=O)N1.O=C1CC[C@H](c2coc3ccc4cc(OCCCC5CCCCC5)ccc4c23)C(=O)C1.O=C1CC[C@H](c2coc3ccc4cc(OCCCC5CCOCC5)ccc4c23)C(=O)N1. The first-order valence-corrected chi connectivity index (χ1v) is 45.9. The Morgan fingerprint density at radius 1 is 0.298 bits per heavy atom. The number of nitrogens with one attached hydrogen (secondary N) is 2. The van der Waals surface area contributed by atoms with E-state index in [9.17, 15) is 38.4 Å². The zero-order valence-electron chi connectivity index (χ0n) is 71.1. The van der Waals surface area contributed by atoms with Gasteiger partial charge in [-0.15, -0.1) is 0 Å². The van der Waals surface area contributed by atoms with Gasteiger partial charge >= 0.3 is 0 Å². The Morgan fingerprint density at radius 2 is 0.581 bits per heavy atom. The van der Waals surface area contributed by atoms with Crippen molar-refractivity contribution in [2.45, 2.75) is 229 Å². The Bertz CT molecular complexity index is 5140. The van der Waals surface area contributed by atoms with Gasteiger partial charge in [-0.05, 0) is 267 Å². The monoisotopic (exact) mass is 1680 g/mol. The van der Waals surface area contributed by atoms with Crippen LogP contribution in [0.5, 0.6) is 23.0 Å². The fraction of sp³-hybridized carbons (Fsp3) is 0.462. The molecule has 4 atom stereocenters. The van der Waals surface area contributed by atoms with Gasteiger partial charge in [0, 0.05) is 108 Å². The first-order valence-electron chi connectivity index (χ1n) is 45.9. The first-order chi connectivity index (χ1) is 60.7. The maximum absolute atomic E-state index is 12.5. The number of amides is 4. The van der Waals surface area contributed by atoms with Crippen LogP contribution >= 0.6 is 0 Å². The highest BCUT2D eigenvalue weighted by molar-refractivity contribution is 6.15. The van der Waals surface area contributed by atoms with Crippen LogP contribution in [-0.2, 0) is 47.8 Å². The van der Waals surface area contributed by atoms with E-state index in [0.717, 1.165) is 247 Å². The average Bonchev–Trinajstić information content (AvgIpc) is 1.60.